The van der Waals surface area contributed by atoms with E-state index in [1.54, 1.807) is 0 Å². The van der Waals surface area contributed by atoms with Crippen LogP contribution in [-0.2, 0) is 6.54 Å². The number of guanidine groups is 1. The summed E-state index contributed by atoms with van der Waals surface area (Å²) < 4.78 is 0. The topological polar surface area (TPSA) is 39.7 Å². The van der Waals surface area contributed by atoms with Crippen LogP contribution in [0, 0.1) is 5.92 Å². The molecule has 24 heavy (non-hydrogen) atoms. The van der Waals surface area contributed by atoms with Crippen molar-refractivity contribution in [1.82, 2.24) is 10.6 Å². The molecule has 0 saturated carbocycles. The van der Waals surface area contributed by atoms with Gasteiger partial charge in [-0.25, -0.2) is 0 Å². The number of anilines is 1. The number of aliphatic imine (C=N–C) groups is 1. The van der Waals surface area contributed by atoms with Crippen LogP contribution in [0.25, 0.3) is 0 Å². The molecule has 1 aromatic carbocycles. The third-order valence-corrected chi connectivity index (χ3v) is 5.65. The van der Waals surface area contributed by atoms with Crippen LogP contribution >= 0.6 is 11.8 Å². The SMILES string of the molecule is CCC(CC)CNC(=NC)NCc1ccc(N2CCSCC2)cc1. The minimum absolute atomic E-state index is 0.713. The van der Waals surface area contributed by atoms with Crippen molar-refractivity contribution in [3.63, 3.8) is 0 Å². The minimum atomic E-state index is 0.713. The first-order valence-corrected chi connectivity index (χ1v) is 10.3. The summed E-state index contributed by atoms with van der Waals surface area (Å²) in [5, 5.41) is 6.84. The molecule has 0 aliphatic carbocycles. The zero-order chi connectivity index (χ0) is 17.2. The van der Waals surface area contributed by atoms with Gasteiger partial charge in [-0.05, 0) is 23.6 Å². The van der Waals surface area contributed by atoms with Gasteiger partial charge in [-0.15, -0.1) is 0 Å². The third-order valence-electron chi connectivity index (χ3n) is 4.71. The molecular weight excluding hydrogens is 316 g/mol. The van der Waals surface area contributed by atoms with E-state index in [2.05, 4.69) is 58.6 Å². The molecule has 2 rings (SSSR count). The first-order chi connectivity index (χ1) is 11.8. The number of rotatable bonds is 7. The summed E-state index contributed by atoms with van der Waals surface area (Å²) in [5.74, 6) is 4.08. The van der Waals surface area contributed by atoms with E-state index < -0.39 is 0 Å². The van der Waals surface area contributed by atoms with Crippen LogP contribution in [-0.4, -0.2) is 44.1 Å². The first-order valence-electron chi connectivity index (χ1n) is 9.13. The molecule has 134 valence electrons. The maximum absolute atomic E-state index is 4.32. The quantitative estimate of drug-likeness (QED) is 0.586. The Kier molecular flexibility index (Phi) is 8.29. The van der Waals surface area contributed by atoms with E-state index in [1.807, 2.05) is 18.8 Å². The summed E-state index contributed by atoms with van der Waals surface area (Å²) in [6.07, 6.45) is 2.41. The Morgan fingerprint density at radius 2 is 1.79 bits per heavy atom. The van der Waals surface area contributed by atoms with Crippen molar-refractivity contribution in [3.8, 4) is 0 Å². The Hall–Kier alpha value is -1.36. The molecular formula is C19H32N4S. The van der Waals surface area contributed by atoms with Crippen molar-refractivity contribution >= 4 is 23.4 Å². The highest BCUT2D eigenvalue weighted by atomic mass is 32.2. The molecule has 0 radical (unpaired) electrons. The van der Waals surface area contributed by atoms with Gasteiger partial charge >= 0.3 is 0 Å². The van der Waals surface area contributed by atoms with Crippen molar-refractivity contribution in [1.29, 1.82) is 0 Å². The van der Waals surface area contributed by atoms with E-state index in [0.29, 0.717) is 5.92 Å². The molecule has 1 aliphatic rings. The van der Waals surface area contributed by atoms with Gasteiger partial charge in [0.15, 0.2) is 5.96 Å². The van der Waals surface area contributed by atoms with Crippen LogP contribution < -0.4 is 15.5 Å². The second-order valence-electron chi connectivity index (χ2n) is 6.26. The highest BCUT2D eigenvalue weighted by molar-refractivity contribution is 7.99. The number of hydrogen-bond donors (Lipinski definition) is 2. The van der Waals surface area contributed by atoms with Crippen LogP contribution in [0.4, 0.5) is 5.69 Å². The highest BCUT2D eigenvalue weighted by Gasteiger charge is 2.11. The number of benzene rings is 1. The van der Waals surface area contributed by atoms with Gasteiger partial charge in [0.2, 0.25) is 0 Å². The Morgan fingerprint density at radius 3 is 2.38 bits per heavy atom. The van der Waals surface area contributed by atoms with Crippen molar-refractivity contribution in [2.75, 3.05) is 43.1 Å². The van der Waals surface area contributed by atoms with Gasteiger partial charge in [-0.2, -0.15) is 11.8 Å². The Morgan fingerprint density at radius 1 is 1.12 bits per heavy atom. The summed E-state index contributed by atoms with van der Waals surface area (Å²) in [6.45, 7) is 8.60. The Bertz CT molecular complexity index is 491. The fourth-order valence-electron chi connectivity index (χ4n) is 2.87. The fourth-order valence-corrected chi connectivity index (χ4v) is 3.77. The molecule has 1 heterocycles. The lowest BCUT2D eigenvalue weighted by molar-refractivity contribution is 0.481. The lowest BCUT2D eigenvalue weighted by Crippen LogP contribution is -2.39. The summed E-state index contributed by atoms with van der Waals surface area (Å²) >= 11 is 2.05. The minimum Gasteiger partial charge on any atom is -0.370 e. The lowest BCUT2D eigenvalue weighted by Gasteiger charge is -2.28. The second-order valence-corrected chi connectivity index (χ2v) is 7.48. The third kappa shape index (κ3) is 5.93. The largest absolute Gasteiger partial charge is 0.370 e. The molecule has 1 aliphatic heterocycles. The van der Waals surface area contributed by atoms with E-state index in [0.717, 1.165) is 32.1 Å². The summed E-state index contributed by atoms with van der Waals surface area (Å²) in [5.41, 5.74) is 2.63. The predicted molar refractivity (Wildman–Crippen MR) is 108 cm³/mol. The van der Waals surface area contributed by atoms with E-state index in [4.69, 9.17) is 0 Å². The molecule has 4 nitrogen and oxygen atoms in total. The summed E-state index contributed by atoms with van der Waals surface area (Å²) in [6, 6.07) is 8.93. The first kappa shape index (κ1) is 19.0. The zero-order valence-electron chi connectivity index (χ0n) is 15.3. The van der Waals surface area contributed by atoms with Gasteiger partial charge < -0.3 is 15.5 Å². The van der Waals surface area contributed by atoms with Crippen molar-refractivity contribution < 1.29 is 0 Å². The molecule has 0 unspecified atom stereocenters. The summed E-state index contributed by atoms with van der Waals surface area (Å²) in [4.78, 5) is 6.79. The normalized spacial score (nSPS) is 15.7. The average molecular weight is 349 g/mol. The van der Waals surface area contributed by atoms with Crippen LogP contribution in [0.15, 0.2) is 29.3 Å². The molecule has 1 saturated heterocycles. The number of nitrogens with zero attached hydrogens (tertiary/aromatic N) is 2. The predicted octanol–water partition coefficient (Wildman–Crippen LogP) is 3.34. The smallest absolute Gasteiger partial charge is 0.191 e. The van der Waals surface area contributed by atoms with E-state index in [-0.39, 0.29) is 0 Å². The lowest BCUT2D eigenvalue weighted by atomic mass is 10.0. The molecule has 0 aromatic heterocycles. The molecule has 1 aromatic rings. The van der Waals surface area contributed by atoms with Gasteiger partial charge in [-0.1, -0.05) is 38.8 Å². The molecule has 0 atom stereocenters. The maximum Gasteiger partial charge on any atom is 0.191 e. The standard InChI is InChI=1S/C19H32N4S/c1-4-16(5-2)14-21-19(20-3)22-15-17-6-8-18(9-7-17)23-10-12-24-13-11-23/h6-9,16H,4-5,10-15H2,1-3H3,(H2,20,21,22). The van der Waals surface area contributed by atoms with Crippen LogP contribution in [0.3, 0.4) is 0 Å². The van der Waals surface area contributed by atoms with Gasteiger partial charge in [0.25, 0.3) is 0 Å². The van der Waals surface area contributed by atoms with Gasteiger partial charge in [0, 0.05) is 50.4 Å². The van der Waals surface area contributed by atoms with E-state index >= 15 is 0 Å². The van der Waals surface area contributed by atoms with Gasteiger partial charge in [-0.3, -0.25) is 4.99 Å². The molecule has 0 bridgehead atoms. The summed E-state index contributed by atoms with van der Waals surface area (Å²) in [7, 11) is 1.83. The van der Waals surface area contributed by atoms with Crippen LogP contribution in [0.2, 0.25) is 0 Å². The molecule has 0 spiro atoms. The van der Waals surface area contributed by atoms with Gasteiger partial charge in [0.05, 0.1) is 0 Å². The van der Waals surface area contributed by atoms with E-state index in [1.165, 1.54) is 35.6 Å². The highest BCUT2D eigenvalue weighted by Crippen LogP contribution is 2.19. The van der Waals surface area contributed by atoms with E-state index in [9.17, 15) is 0 Å². The van der Waals surface area contributed by atoms with Crippen LogP contribution in [0.1, 0.15) is 32.3 Å². The number of thioether (sulfide) groups is 1. The maximum atomic E-state index is 4.32. The number of nitrogens with one attached hydrogen (secondary N) is 2. The Balaban J connectivity index is 1.80. The number of hydrogen-bond acceptors (Lipinski definition) is 3. The second kappa shape index (κ2) is 10.5. The molecule has 0 amide bonds. The Labute approximate surface area is 151 Å². The molecule has 5 heteroatoms. The van der Waals surface area contributed by atoms with Crippen molar-refractivity contribution in [2.45, 2.75) is 33.2 Å². The average Bonchev–Trinajstić information content (AvgIpc) is 2.66. The zero-order valence-corrected chi connectivity index (χ0v) is 16.2. The van der Waals surface area contributed by atoms with Crippen molar-refractivity contribution in [3.05, 3.63) is 29.8 Å². The van der Waals surface area contributed by atoms with Crippen LogP contribution in [0.5, 0.6) is 0 Å². The monoisotopic (exact) mass is 348 g/mol. The van der Waals surface area contributed by atoms with Crippen molar-refractivity contribution in [2.24, 2.45) is 10.9 Å². The molecule has 2 N–H and O–H groups in total. The van der Waals surface area contributed by atoms with Gasteiger partial charge in [0.1, 0.15) is 0 Å². The fraction of sp³-hybridized carbons (Fsp3) is 0.632. The molecule has 1 fully saturated rings.